The van der Waals surface area contributed by atoms with Gasteiger partial charge in [0.15, 0.2) is 0 Å². The van der Waals surface area contributed by atoms with Crippen LogP contribution in [0.15, 0.2) is 66.7 Å². The molecule has 3 aliphatic heterocycles. The fourth-order valence-electron chi connectivity index (χ4n) is 8.42. The molecule has 4 fully saturated rings. The van der Waals surface area contributed by atoms with Crippen LogP contribution >= 0.6 is 0 Å². The highest BCUT2D eigenvalue weighted by atomic mass is 16.5. The summed E-state index contributed by atoms with van der Waals surface area (Å²) in [4.78, 5) is 44.2. The number of anilines is 2. The van der Waals surface area contributed by atoms with Crippen LogP contribution in [0.5, 0.6) is 0 Å². The fraction of sp³-hybridized carbons (Fsp3) is 0.514. The van der Waals surface area contributed by atoms with E-state index in [1.54, 1.807) is 4.90 Å². The molecule has 0 unspecified atom stereocenters. The van der Waals surface area contributed by atoms with Crippen molar-refractivity contribution in [3.8, 4) is 0 Å². The molecule has 220 valence electrons. The normalized spacial score (nSPS) is 32.6. The van der Waals surface area contributed by atoms with E-state index in [4.69, 9.17) is 4.74 Å². The maximum absolute atomic E-state index is 14.5. The van der Waals surface area contributed by atoms with Gasteiger partial charge in [-0.2, -0.15) is 0 Å². The van der Waals surface area contributed by atoms with Gasteiger partial charge in [0.1, 0.15) is 11.6 Å². The predicted molar refractivity (Wildman–Crippen MR) is 162 cm³/mol. The molecule has 2 saturated carbocycles. The lowest BCUT2D eigenvalue weighted by molar-refractivity contribution is -0.131. The quantitative estimate of drug-likeness (QED) is 0.428. The number of benzene rings is 2. The zero-order chi connectivity index (χ0) is 28.9. The average Bonchev–Trinajstić information content (AvgIpc) is 3.59. The second-order valence-corrected chi connectivity index (χ2v) is 13.2. The first kappa shape index (κ1) is 27.4. The number of amides is 3. The van der Waals surface area contributed by atoms with Crippen LogP contribution in [-0.2, 0) is 19.1 Å². The lowest BCUT2D eigenvalue weighted by atomic mass is 9.70. The number of carbonyl (C=O) groups excluding carboxylic acids is 3. The van der Waals surface area contributed by atoms with Crippen LogP contribution in [0, 0.1) is 11.8 Å². The van der Waals surface area contributed by atoms with Crippen LogP contribution in [0.25, 0.3) is 0 Å². The third-order valence-electron chi connectivity index (χ3n) is 10.5. The zero-order valence-electron chi connectivity index (χ0n) is 24.4. The highest BCUT2D eigenvalue weighted by Gasteiger charge is 2.76. The molecule has 3 amide bonds. The molecule has 2 aliphatic carbocycles. The van der Waals surface area contributed by atoms with E-state index in [2.05, 4.69) is 22.8 Å². The Morgan fingerprint density at radius 3 is 2.19 bits per heavy atom. The van der Waals surface area contributed by atoms with Gasteiger partial charge in [-0.3, -0.25) is 19.3 Å². The lowest BCUT2D eigenvalue weighted by Crippen LogP contribution is -2.56. The molecule has 0 radical (unpaired) electrons. The van der Waals surface area contributed by atoms with E-state index in [1.165, 1.54) is 44.1 Å². The topological polar surface area (TPSA) is 87.7 Å². The first-order valence-electron chi connectivity index (χ1n) is 15.9. The van der Waals surface area contributed by atoms with Crippen molar-refractivity contribution < 1.29 is 19.1 Å². The lowest BCUT2D eigenvalue weighted by Gasteiger charge is -2.34. The highest BCUT2D eigenvalue weighted by molar-refractivity contribution is 6.11. The van der Waals surface area contributed by atoms with Crippen molar-refractivity contribution in [2.24, 2.45) is 11.8 Å². The summed E-state index contributed by atoms with van der Waals surface area (Å²) in [5.41, 5.74) is 0.431. The second-order valence-electron chi connectivity index (χ2n) is 13.2. The Balaban J connectivity index is 1.24. The number of nitrogens with zero attached hydrogens (tertiary/aromatic N) is 1. The van der Waals surface area contributed by atoms with Crippen molar-refractivity contribution in [1.29, 1.82) is 0 Å². The standard InChI is InChI=1S/C35H41N3O4/c1-34-21-22-35(42-34)29(28(34)31(39)36-25-13-7-3-8-14-25)33(41)38(30(35)32(40)37-26-15-9-4-10-16-26)27-19-17-24(18-20-27)23-11-5-2-6-12-23/h3,7-8,13-14,17-23,26,28-30H,2,4-6,9-12,15-16H2,1H3,(H,36,39)(H,37,40)/t28-,29+,30-,34-,35+/m1/s1. The number of para-hydroxylation sites is 1. The first-order chi connectivity index (χ1) is 20.4. The number of carbonyl (C=O) groups is 3. The van der Waals surface area contributed by atoms with Gasteiger partial charge in [-0.1, -0.05) is 81.0 Å². The van der Waals surface area contributed by atoms with Crippen molar-refractivity contribution in [1.82, 2.24) is 5.32 Å². The number of rotatable bonds is 6. The van der Waals surface area contributed by atoms with Crippen molar-refractivity contribution >= 4 is 29.1 Å². The Kier molecular flexibility index (Phi) is 6.96. The van der Waals surface area contributed by atoms with E-state index in [-0.39, 0.29) is 23.8 Å². The van der Waals surface area contributed by atoms with Crippen molar-refractivity contribution in [3.05, 3.63) is 72.3 Å². The Bertz CT molecular complexity index is 1380. The largest absolute Gasteiger partial charge is 0.356 e. The monoisotopic (exact) mass is 567 g/mol. The number of hydrogen-bond donors (Lipinski definition) is 2. The third-order valence-corrected chi connectivity index (χ3v) is 10.5. The van der Waals surface area contributed by atoms with Crippen LogP contribution < -0.4 is 15.5 Å². The maximum Gasteiger partial charge on any atom is 0.246 e. The minimum atomic E-state index is -1.22. The summed E-state index contributed by atoms with van der Waals surface area (Å²) < 4.78 is 6.71. The van der Waals surface area contributed by atoms with E-state index >= 15 is 0 Å². The molecule has 42 heavy (non-hydrogen) atoms. The fourth-order valence-corrected chi connectivity index (χ4v) is 8.42. The van der Waals surface area contributed by atoms with Crippen LogP contribution in [0.1, 0.15) is 82.6 Å². The maximum atomic E-state index is 14.5. The number of ether oxygens (including phenoxy) is 1. The molecule has 5 aliphatic rings. The summed E-state index contributed by atoms with van der Waals surface area (Å²) in [6, 6.07) is 16.7. The molecule has 0 aromatic heterocycles. The molecule has 3 heterocycles. The molecule has 2 aromatic carbocycles. The van der Waals surface area contributed by atoms with Gasteiger partial charge in [0, 0.05) is 17.4 Å². The zero-order valence-corrected chi connectivity index (χ0v) is 24.4. The van der Waals surface area contributed by atoms with Gasteiger partial charge in [0.25, 0.3) is 0 Å². The average molecular weight is 568 g/mol. The Hall–Kier alpha value is -3.45. The molecule has 5 atom stereocenters. The van der Waals surface area contributed by atoms with Crippen molar-refractivity contribution in [3.63, 3.8) is 0 Å². The first-order valence-corrected chi connectivity index (χ1v) is 15.9. The number of fused-ring (bicyclic) bond motifs is 1. The number of nitrogens with one attached hydrogen (secondary N) is 2. The smallest absolute Gasteiger partial charge is 0.246 e. The van der Waals surface area contributed by atoms with E-state index in [9.17, 15) is 14.4 Å². The molecular weight excluding hydrogens is 526 g/mol. The SMILES string of the molecule is C[C@]12C=C[C@]3(O1)[C@H](C(=O)N(c1ccc(C4CCCCC4)cc1)[C@@H]3C(=O)NC1CCCCC1)[C@@H]2C(=O)Nc1ccccc1. The summed E-state index contributed by atoms with van der Waals surface area (Å²) in [7, 11) is 0. The van der Waals surface area contributed by atoms with E-state index in [1.807, 2.05) is 61.5 Å². The number of hydrogen-bond acceptors (Lipinski definition) is 4. The second kappa shape index (κ2) is 10.7. The van der Waals surface area contributed by atoms with Crippen molar-refractivity contribution in [2.45, 2.75) is 100 Å². The summed E-state index contributed by atoms with van der Waals surface area (Å²) >= 11 is 0. The highest BCUT2D eigenvalue weighted by Crippen LogP contribution is 2.60. The third kappa shape index (κ3) is 4.48. The van der Waals surface area contributed by atoms with Gasteiger partial charge in [-0.15, -0.1) is 0 Å². The molecule has 2 bridgehead atoms. The summed E-state index contributed by atoms with van der Waals surface area (Å²) in [6.45, 7) is 1.86. The Morgan fingerprint density at radius 1 is 0.833 bits per heavy atom. The van der Waals surface area contributed by atoms with Gasteiger partial charge in [0.05, 0.1) is 17.4 Å². The minimum absolute atomic E-state index is 0.0858. The van der Waals surface area contributed by atoms with Crippen molar-refractivity contribution in [2.75, 3.05) is 10.2 Å². The van der Waals surface area contributed by atoms with Crippen LogP contribution in [0.4, 0.5) is 11.4 Å². The summed E-state index contributed by atoms with van der Waals surface area (Å²) in [6.07, 6.45) is 15.2. The molecular formula is C35H41N3O4. The molecule has 2 aromatic rings. The molecule has 2 saturated heterocycles. The molecule has 1 spiro atoms. The van der Waals surface area contributed by atoms with E-state index in [0.29, 0.717) is 17.3 Å². The summed E-state index contributed by atoms with van der Waals surface area (Å²) in [5.74, 6) is -1.74. The van der Waals surface area contributed by atoms with E-state index < -0.39 is 29.1 Å². The minimum Gasteiger partial charge on any atom is -0.356 e. The Labute approximate surface area is 248 Å². The van der Waals surface area contributed by atoms with Gasteiger partial charge in [-0.25, -0.2) is 0 Å². The van der Waals surface area contributed by atoms with Gasteiger partial charge < -0.3 is 15.4 Å². The van der Waals surface area contributed by atoms with Gasteiger partial charge >= 0.3 is 0 Å². The van der Waals surface area contributed by atoms with Crippen LogP contribution in [0.2, 0.25) is 0 Å². The molecule has 7 rings (SSSR count). The van der Waals surface area contributed by atoms with Gasteiger partial charge in [-0.05, 0) is 68.4 Å². The molecule has 2 N–H and O–H groups in total. The molecule has 7 heteroatoms. The van der Waals surface area contributed by atoms with Gasteiger partial charge in [0.2, 0.25) is 17.7 Å². The Morgan fingerprint density at radius 2 is 1.50 bits per heavy atom. The van der Waals surface area contributed by atoms with E-state index in [0.717, 1.165) is 25.7 Å². The van der Waals surface area contributed by atoms with Crippen LogP contribution in [0.3, 0.4) is 0 Å². The summed E-state index contributed by atoms with van der Waals surface area (Å²) in [5, 5.41) is 6.29. The predicted octanol–water partition coefficient (Wildman–Crippen LogP) is 5.87. The molecule has 7 nitrogen and oxygen atoms in total. The van der Waals surface area contributed by atoms with Crippen LogP contribution in [-0.4, -0.2) is 41.0 Å².